The highest BCUT2D eigenvalue weighted by atomic mass is 16.5. The molecular weight excluding hydrogens is 246 g/mol. The minimum Gasteiger partial charge on any atom is -0.483 e. The number of amides is 1. The van der Waals surface area contributed by atoms with E-state index in [4.69, 9.17) is 9.84 Å². The maximum Gasteiger partial charge on any atom is 0.339 e. The van der Waals surface area contributed by atoms with Crippen LogP contribution in [-0.4, -0.2) is 29.6 Å². The molecule has 0 aliphatic heterocycles. The third-order valence-electron chi connectivity index (χ3n) is 2.74. The number of carboxylic acids is 1. The molecule has 1 atom stereocenters. The van der Waals surface area contributed by atoms with Gasteiger partial charge in [0, 0.05) is 6.04 Å². The number of carbonyl (C=O) groups is 2. The minimum atomic E-state index is -1.07. The van der Waals surface area contributed by atoms with Crippen LogP contribution >= 0.6 is 0 Å². The van der Waals surface area contributed by atoms with Crippen molar-refractivity contribution in [2.45, 2.75) is 33.2 Å². The lowest BCUT2D eigenvalue weighted by atomic mass is 10.1. The summed E-state index contributed by atoms with van der Waals surface area (Å²) in [6, 6.07) is 4.90. The summed E-state index contributed by atoms with van der Waals surface area (Å²) in [6.07, 6.45) is 0.830. The van der Waals surface area contributed by atoms with Gasteiger partial charge >= 0.3 is 5.97 Å². The molecule has 0 bridgehead atoms. The van der Waals surface area contributed by atoms with Crippen molar-refractivity contribution in [1.82, 2.24) is 5.32 Å². The average Bonchev–Trinajstić information content (AvgIpc) is 2.36. The monoisotopic (exact) mass is 265 g/mol. The summed E-state index contributed by atoms with van der Waals surface area (Å²) in [5.74, 6) is -1.12. The Bertz CT molecular complexity index is 471. The number of nitrogens with one attached hydrogen (secondary N) is 1. The lowest BCUT2D eigenvalue weighted by Gasteiger charge is -2.13. The highest BCUT2D eigenvalue weighted by Gasteiger charge is 2.13. The molecule has 0 saturated carbocycles. The first-order chi connectivity index (χ1) is 8.93. The second-order valence-corrected chi connectivity index (χ2v) is 4.47. The van der Waals surface area contributed by atoms with Crippen molar-refractivity contribution in [2.24, 2.45) is 0 Å². The first-order valence-electron chi connectivity index (χ1n) is 6.20. The van der Waals surface area contributed by atoms with E-state index in [9.17, 15) is 9.59 Å². The highest BCUT2D eigenvalue weighted by Crippen LogP contribution is 2.19. The van der Waals surface area contributed by atoms with E-state index in [1.54, 1.807) is 19.1 Å². The van der Waals surface area contributed by atoms with Gasteiger partial charge in [0.25, 0.3) is 5.91 Å². The van der Waals surface area contributed by atoms with E-state index < -0.39 is 5.97 Å². The number of carbonyl (C=O) groups excluding carboxylic acids is 1. The number of rotatable bonds is 6. The molecular formula is C14H19NO4. The van der Waals surface area contributed by atoms with Gasteiger partial charge in [-0.2, -0.15) is 0 Å². The molecule has 0 heterocycles. The molecule has 0 spiro atoms. The number of aryl methyl sites for hydroxylation is 1. The van der Waals surface area contributed by atoms with Crippen molar-refractivity contribution in [1.29, 1.82) is 0 Å². The molecule has 2 N–H and O–H groups in total. The molecule has 0 fully saturated rings. The van der Waals surface area contributed by atoms with Crippen LogP contribution in [0.2, 0.25) is 0 Å². The van der Waals surface area contributed by atoms with Crippen molar-refractivity contribution >= 4 is 11.9 Å². The predicted octanol–water partition coefficient (Wildman–Crippen LogP) is 1.99. The number of ether oxygens (including phenoxy) is 1. The summed E-state index contributed by atoms with van der Waals surface area (Å²) in [4.78, 5) is 22.6. The molecule has 1 unspecified atom stereocenters. The van der Waals surface area contributed by atoms with Gasteiger partial charge in [-0.3, -0.25) is 4.79 Å². The minimum absolute atomic E-state index is 0.0661. The Hall–Kier alpha value is -2.04. The van der Waals surface area contributed by atoms with E-state index in [-0.39, 0.29) is 29.9 Å². The number of carboxylic acid groups (broad SMARTS) is 1. The molecule has 5 nitrogen and oxygen atoms in total. The smallest absolute Gasteiger partial charge is 0.339 e. The van der Waals surface area contributed by atoms with Crippen molar-refractivity contribution in [3.63, 3.8) is 0 Å². The summed E-state index contributed by atoms with van der Waals surface area (Å²) in [5.41, 5.74) is 0.894. The van der Waals surface area contributed by atoms with E-state index >= 15 is 0 Å². The topological polar surface area (TPSA) is 75.6 Å². The van der Waals surface area contributed by atoms with Gasteiger partial charge in [-0.05, 0) is 32.4 Å². The summed E-state index contributed by atoms with van der Waals surface area (Å²) in [7, 11) is 0. The number of aromatic carboxylic acids is 1. The Kier molecular flexibility index (Phi) is 5.36. The molecule has 0 saturated heterocycles. The van der Waals surface area contributed by atoms with Crippen LogP contribution < -0.4 is 10.1 Å². The standard InChI is InChI=1S/C14H19NO4/c1-4-10(3)15-13(16)8-19-12-6-5-9(2)7-11(12)14(17)18/h5-7,10H,4,8H2,1-3H3,(H,15,16)(H,17,18). The van der Waals surface area contributed by atoms with Gasteiger partial charge in [0.2, 0.25) is 0 Å². The predicted molar refractivity (Wildman–Crippen MR) is 71.5 cm³/mol. The van der Waals surface area contributed by atoms with E-state index in [2.05, 4.69) is 5.32 Å². The van der Waals surface area contributed by atoms with Gasteiger partial charge in [-0.25, -0.2) is 4.79 Å². The van der Waals surface area contributed by atoms with E-state index in [1.807, 2.05) is 13.8 Å². The van der Waals surface area contributed by atoms with Gasteiger partial charge in [-0.15, -0.1) is 0 Å². The molecule has 104 valence electrons. The number of benzene rings is 1. The quantitative estimate of drug-likeness (QED) is 0.824. The molecule has 1 aromatic carbocycles. The lowest BCUT2D eigenvalue weighted by Crippen LogP contribution is -2.35. The first-order valence-corrected chi connectivity index (χ1v) is 6.20. The van der Waals surface area contributed by atoms with E-state index in [1.165, 1.54) is 6.07 Å². The molecule has 0 radical (unpaired) electrons. The van der Waals surface area contributed by atoms with Crippen molar-refractivity contribution in [2.75, 3.05) is 6.61 Å². The maximum absolute atomic E-state index is 11.6. The normalized spacial score (nSPS) is 11.7. The van der Waals surface area contributed by atoms with Crippen LogP contribution in [0, 0.1) is 6.92 Å². The van der Waals surface area contributed by atoms with Crippen LogP contribution in [0.25, 0.3) is 0 Å². The third kappa shape index (κ3) is 4.62. The van der Waals surface area contributed by atoms with Crippen molar-refractivity contribution in [3.05, 3.63) is 29.3 Å². The van der Waals surface area contributed by atoms with E-state index in [0.717, 1.165) is 12.0 Å². The Labute approximate surface area is 112 Å². The first kappa shape index (κ1) is 15.0. The maximum atomic E-state index is 11.6. The highest BCUT2D eigenvalue weighted by molar-refractivity contribution is 5.91. The molecule has 1 aromatic rings. The van der Waals surface area contributed by atoms with Gasteiger partial charge in [0.15, 0.2) is 6.61 Å². The van der Waals surface area contributed by atoms with Crippen LogP contribution in [0.3, 0.4) is 0 Å². The van der Waals surface area contributed by atoms with Gasteiger partial charge in [0.05, 0.1) is 0 Å². The van der Waals surface area contributed by atoms with Gasteiger partial charge in [0.1, 0.15) is 11.3 Å². The van der Waals surface area contributed by atoms with Crippen molar-refractivity contribution < 1.29 is 19.4 Å². The fourth-order valence-electron chi connectivity index (χ4n) is 1.50. The second-order valence-electron chi connectivity index (χ2n) is 4.47. The van der Waals surface area contributed by atoms with Crippen LogP contribution in [-0.2, 0) is 4.79 Å². The fraction of sp³-hybridized carbons (Fsp3) is 0.429. The molecule has 0 aliphatic carbocycles. The third-order valence-corrected chi connectivity index (χ3v) is 2.74. The summed E-state index contributed by atoms with van der Waals surface area (Å²) < 4.78 is 5.27. The zero-order valence-electron chi connectivity index (χ0n) is 11.4. The van der Waals surface area contributed by atoms with Crippen molar-refractivity contribution in [3.8, 4) is 5.75 Å². The SMILES string of the molecule is CCC(C)NC(=O)COc1ccc(C)cc1C(=O)O. The molecule has 0 aromatic heterocycles. The zero-order chi connectivity index (χ0) is 14.4. The van der Waals surface area contributed by atoms with Crippen LogP contribution in [0.5, 0.6) is 5.75 Å². The zero-order valence-corrected chi connectivity index (χ0v) is 11.4. The molecule has 1 amide bonds. The number of hydrogen-bond acceptors (Lipinski definition) is 3. The van der Waals surface area contributed by atoms with Gasteiger partial charge in [-0.1, -0.05) is 18.6 Å². The summed E-state index contributed by atoms with van der Waals surface area (Å²) in [6.45, 7) is 5.47. The Balaban J connectivity index is 2.67. The van der Waals surface area contributed by atoms with Gasteiger partial charge < -0.3 is 15.2 Å². The van der Waals surface area contributed by atoms with Crippen LogP contribution in [0.1, 0.15) is 36.2 Å². The molecule has 1 rings (SSSR count). The Morgan fingerprint density at radius 1 is 1.42 bits per heavy atom. The average molecular weight is 265 g/mol. The largest absolute Gasteiger partial charge is 0.483 e. The molecule has 5 heteroatoms. The fourth-order valence-corrected chi connectivity index (χ4v) is 1.50. The van der Waals surface area contributed by atoms with Crippen LogP contribution in [0.4, 0.5) is 0 Å². The van der Waals surface area contributed by atoms with Crippen LogP contribution in [0.15, 0.2) is 18.2 Å². The Morgan fingerprint density at radius 3 is 2.68 bits per heavy atom. The summed E-state index contributed by atoms with van der Waals surface area (Å²) >= 11 is 0. The number of hydrogen-bond donors (Lipinski definition) is 2. The molecule has 19 heavy (non-hydrogen) atoms. The Morgan fingerprint density at radius 2 is 2.11 bits per heavy atom. The summed E-state index contributed by atoms with van der Waals surface area (Å²) in [5, 5.41) is 11.8. The lowest BCUT2D eigenvalue weighted by molar-refractivity contribution is -0.123. The second kappa shape index (κ2) is 6.78. The van der Waals surface area contributed by atoms with E-state index in [0.29, 0.717) is 0 Å². The molecule has 0 aliphatic rings.